The Morgan fingerprint density at radius 1 is 1.41 bits per heavy atom. The summed E-state index contributed by atoms with van der Waals surface area (Å²) in [6.45, 7) is 10.4. The molecular weight excluding hydrogens is 212 g/mol. The van der Waals surface area contributed by atoms with Gasteiger partial charge in [0.2, 0.25) is 5.95 Å². The van der Waals surface area contributed by atoms with E-state index in [1.54, 1.807) is 0 Å². The average Bonchev–Trinajstić information content (AvgIpc) is 2.28. The maximum Gasteiger partial charge on any atom is 0.225 e. The molecule has 0 bridgehead atoms. The summed E-state index contributed by atoms with van der Waals surface area (Å²) >= 11 is 0. The van der Waals surface area contributed by atoms with Crippen LogP contribution >= 0.6 is 0 Å². The predicted octanol–water partition coefficient (Wildman–Crippen LogP) is 2.13. The van der Waals surface area contributed by atoms with Gasteiger partial charge in [0.15, 0.2) is 0 Å². The Hall–Kier alpha value is -1.16. The third-order valence-electron chi connectivity index (χ3n) is 2.78. The second kappa shape index (κ2) is 6.55. The molecule has 1 heterocycles. The highest BCUT2D eigenvalue weighted by atomic mass is 15.3. The third kappa shape index (κ3) is 3.66. The van der Waals surface area contributed by atoms with Crippen LogP contribution in [0.1, 0.15) is 38.4 Å². The van der Waals surface area contributed by atoms with E-state index in [0.717, 1.165) is 36.7 Å². The van der Waals surface area contributed by atoms with Crippen molar-refractivity contribution in [2.75, 3.05) is 18.5 Å². The van der Waals surface area contributed by atoms with Gasteiger partial charge < -0.3 is 10.2 Å². The molecule has 0 aromatic carbocycles. The largest absolute Gasteiger partial charge is 0.338 e. The second-order valence-corrected chi connectivity index (χ2v) is 4.60. The maximum atomic E-state index is 4.61. The molecule has 0 spiro atoms. The molecule has 0 atom stereocenters. The Balaban J connectivity index is 2.93. The minimum absolute atomic E-state index is 0.435. The molecule has 0 aliphatic rings. The van der Waals surface area contributed by atoms with Crippen molar-refractivity contribution in [3.05, 3.63) is 17.5 Å². The molecule has 0 unspecified atom stereocenters. The molecule has 1 aromatic rings. The van der Waals surface area contributed by atoms with Gasteiger partial charge in [0.25, 0.3) is 0 Å². The summed E-state index contributed by atoms with van der Waals surface area (Å²) in [5.74, 6) is 0.846. The SMILES string of the molecule is CCCN(c1ncc(CNC)c(C)n1)C(C)C. The van der Waals surface area contributed by atoms with E-state index in [9.17, 15) is 0 Å². The van der Waals surface area contributed by atoms with E-state index < -0.39 is 0 Å². The van der Waals surface area contributed by atoms with Crippen molar-refractivity contribution in [1.82, 2.24) is 15.3 Å². The molecule has 0 fully saturated rings. The predicted molar refractivity (Wildman–Crippen MR) is 72.3 cm³/mol. The van der Waals surface area contributed by atoms with E-state index in [4.69, 9.17) is 0 Å². The normalized spacial score (nSPS) is 10.9. The molecule has 0 aliphatic carbocycles. The summed E-state index contributed by atoms with van der Waals surface area (Å²) in [5.41, 5.74) is 2.22. The third-order valence-corrected chi connectivity index (χ3v) is 2.78. The molecule has 1 rings (SSSR count). The summed E-state index contributed by atoms with van der Waals surface area (Å²) in [7, 11) is 1.94. The number of rotatable bonds is 6. The van der Waals surface area contributed by atoms with Crippen molar-refractivity contribution in [3.63, 3.8) is 0 Å². The molecule has 1 N–H and O–H groups in total. The van der Waals surface area contributed by atoms with Crippen LogP contribution in [-0.4, -0.2) is 29.6 Å². The van der Waals surface area contributed by atoms with Gasteiger partial charge in [-0.2, -0.15) is 0 Å². The van der Waals surface area contributed by atoms with Gasteiger partial charge in [-0.15, -0.1) is 0 Å². The van der Waals surface area contributed by atoms with Crippen LogP contribution in [0, 0.1) is 6.92 Å². The number of aromatic nitrogens is 2. The number of anilines is 1. The molecule has 4 heteroatoms. The summed E-state index contributed by atoms with van der Waals surface area (Å²) < 4.78 is 0. The van der Waals surface area contributed by atoms with Gasteiger partial charge in [-0.25, -0.2) is 9.97 Å². The zero-order valence-electron chi connectivity index (χ0n) is 11.6. The molecule has 17 heavy (non-hydrogen) atoms. The second-order valence-electron chi connectivity index (χ2n) is 4.60. The molecule has 0 radical (unpaired) electrons. The van der Waals surface area contributed by atoms with Crippen LogP contribution in [0.4, 0.5) is 5.95 Å². The highest BCUT2D eigenvalue weighted by molar-refractivity contribution is 5.33. The van der Waals surface area contributed by atoms with E-state index in [2.05, 4.69) is 41.0 Å². The Morgan fingerprint density at radius 2 is 2.12 bits per heavy atom. The first kappa shape index (κ1) is 13.9. The van der Waals surface area contributed by atoms with Crippen molar-refractivity contribution in [2.24, 2.45) is 0 Å². The van der Waals surface area contributed by atoms with Crippen LogP contribution < -0.4 is 10.2 Å². The van der Waals surface area contributed by atoms with Gasteiger partial charge in [-0.3, -0.25) is 0 Å². The van der Waals surface area contributed by atoms with Gasteiger partial charge in [-0.05, 0) is 34.2 Å². The zero-order valence-corrected chi connectivity index (χ0v) is 11.6. The van der Waals surface area contributed by atoms with Crippen LogP contribution in [0.2, 0.25) is 0 Å². The molecular formula is C13H24N4. The lowest BCUT2D eigenvalue weighted by molar-refractivity contribution is 0.647. The standard InChI is InChI=1S/C13H24N4/c1-6-7-17(10(2)3)13-15-9-12(8-14-5)11(4)16-13/h9-10,14H,6-8H2,1-5H3. The first-order valence-electron chi connectivity index (χ1n) is 6.33. The van der Waals surface area contributed by atoms with Crippen molar-refractivity contribution in [2.45, 2.75) is 46.7 Å². The Labute approximate surface area is 104 Å². The summed E-state index contributed by atoms with van der Waals surface area (Å²) in [5, 5.41) is 3.13. The molecule has 0 saturated carbocycles. The van der Waals surface area contributed by atoms with Gasteiger partial charge in [0.1, 0.15) is 0 Å². The van der Waals surface area contributed by atoms with E-state index >= 15 is 0 Å². The smallest absolute Gasteiger partial charge is 0.225 e. The first-order valence-corrected chi connectivity index (χ1v) is 6.33. The summed E-state index contributed by atoms with van der Waals surface area (Å²) in [6.07, 6.45) is 3.04. The highest BCUT2D eigenvalue weighted by Crippen LogP contribution is 2.14. The lowest BCUT2D eigenvalue weighted by Crippen LogP contribution is -2.33. The minimum atomic E-state index is 0.435. The summed E-state index contributed by atoms with van der Waals surface area (Å²) in [6, 6.07) is 0.435. The lowest BCUT2D eigenvalue weighted by atomic mass is 10.2. The number of nitrogens with zero attached hydrogens (tertiary/aromatic N) is 3. The van der Waals surface area contributed by atoms with Gasteiger partial charge in [-0.1, -0.05) is 6.92 Å². The van der Waals surface area contributed by atoms with E-state index in [-0.39, 0.29) is 0 Å². The number of nitrogens with one attached hydrogen (secondary N) is 1. The van der Waals surface area contributed by atoms with Crippen LogP contribution in [-0.2, 0) is 6.54 Å². The molecule has 96 valence electrons. The first-order chi connectivity index (χ1) is 8.10. The summed E-state index contributed by atoms with van der Waals surface area (Å²) in [4.78, 5) is 11.3. The van der Waals surface area contributed by atoms with Crippen molar-refractivity contribution < 1.29 is 0 Å². The van der Waals surface area contributed by atoms with Gasteiger partial charge in [0, 0.05) is 36.6 Å². The topological polar surface area (TPSA) is 41.1 Å². The Bertz CT molecular complexity index is 349. The van der Waals surface area contributed by atoms with Gasteiger partial charge in [0.05, 0.1) is 0 Å². The van der Waals surface area contributed by atoms with Crippen molar-refractivity contribution in [3.8, 4) is 0 Å². The van der Waals surface area contributed by atoms with E-state index in [1.165, 1.54) is 0 Å². The monoisotopic (exact) mass is 236 g/mol. The number of hydrogen-bond acceptors (Lipinski definition) is 4. The fourth-order valence-electron chi connectivity index (χ4n) is 1.81. The van der Waals surface area contributed by atoms with Gasteiger partial charge >= 0.3 is 0 Å². The van der Waals surface area contributed by atoms with Crippen LogP contribution in [0.3, 0.4) is 0 Å². The quantitative estimate of drug-likeness (QED) is 0.821. The van der Waals surface area contributed by atoms with Crippen LogP contribution in [0.25, 0.3) is 0 Å². The zero-order chi connectivity index (χ0) is 12.8. The van der Waals surface area contributed by atoms with Crippen molar-refractivity contribution in [1.29, 1.82) is 0 Å². The lowest BCUT2D eigenvalue weighted by Gasteiger charge is -2.26. The highest BCUT2D eigenvalue weighted by Gasteiger charge is 2.13. The van der Waals surface area contributed by atoms with Crippen LogP contribution in [0.15, 0.2) is 6.20 Å². The maximum absolute atomic E-state index is 4.61. The molecule has 1 aromatic heterocycles. The van der Waals surface area contributed by atoms with E-state index in [0.29, 0.717) is 6.04 Å². The average molecular weight is 236 g/mol. The molecule has 0 aliphatic heterocycles. The Morgan fingerprint density at radius 3 is 2.59 bits per heavy atom. The fraction of sp³-hybridized carbons (Fsp3) is 0.692. The minimum Gasteiger partial charge on any atom is -0.338 e. The van der Waals surface area contributed by atoms with Crippen LogP contribution in [0.5, 0.6) is 0 Å². The molecule has 0 saturated heterocycles. The number of hydrogen-bond donors (Lipinski definition) is 1. The number of aryl methyl sites for hydroxylation is 1. The van der Waals surface area contributed by atoms with Crippen molar-refractivity contribution >= 4 is 5.95 Å². The Kier molecular flexibility index (Phi) is 5.35. The fourth-order valence-corrected chi connectivity index (χ4v) is 1.81. The molecule has 0 amide bonds. The van der Waals surface area contributed by atoms with E-state index in [1.807, 2.05) is 20.2 Å². The molecule has 4 nitrogen and oxygen atoms in total.